The number of aliphatic hydroxyl groups is 1. The first-order chi connectivity index (χ1) is 10.0. The second-order valence-corrected chi connectivity index (χ2v) is 4.49. The standard InChI is InChI=1S/C10H12F9NO3/c1-2-4(6(22)23)20-3-5(21)7(11,12)8(13,14)9(15,16)10(17,18)19/h4-5,20-21H,2-3H2,1H3,(H,22,23)/t4-,5+/m0/s1. The summed E-state index contributed by atoms with van der Waals surface area (Å²) in [5.74, 6) is -21.9. The average Bonchev–Trinajstić information content (AvgIpc) is 2.36. The van der Waals surface area contributed by atoms with E-state index in [-0.39, 0.29) is 6.42 Å². The maximum atomic E-state index is 13.2. The molecule has 4 nitrogen and oxygen atoms in total. The van der Waals surface area contributed by atoms with Crippen molar-refractivity contribution < 1.29 is 54.5 Å². The van der Waals surface area contributed by atoms with Gasteiger partial charge < -0.3 is 15.5 Å². The highest BCUT2D eigenvalue weighted by atomic mass is 19.4. The lowest BCUT2D eigenvalue weighted by Gasteiger charge is -2.36. The van der Waals surface area contributed by atoms with E-state index >= 15 is 0 Å². The molecule has 0 aliphatic heterocycles. The molecule has 0 amide bonds. The van der Waals surface area contributed by atoms with Crippen LogP contribution in [-0.4, -0.2) is 58.8 Å². The van der Waals surface area contributed by atoms with Gasteiger partial charge in [-0.1, -0.05) is 6.92 Å². The lowest BCUT2D eigenvalue weighted by Crippen LogP contribution is -2.65. The number of aliphatic carboxylic acids is 1. The zero-order valence-electron chi connectivity index (χ0n) is 11.3. The van der Waals surface area contributed by atoms with E-state index in [0.717, 1.165) is 0 Å². The van der Waals surface area contributed by atoms with Crippen molar-refractivity contribution in [2.45, 2.75) is 49.4 Å². The minimum atomic E-state index is -7.11. The van der Waals surface area contributed by atoms with Crippen LogP contribution in [0.3, 0.4) is 0 Å². The minimum Gasteiger partial charge on any atom is -0.480 e. The summed E-state index contributed by atoms with van der Waals surface area (Å²) < 4.78 is 113. The molecule has 0 aromatic carbocycles. The third-order valence-electron chi connectivity index (χ3n) is 2.85. The lowest BCUT2D eigenvalue weighted by atomic mass is 9.98. The molecule has 0 rings (SSSR count). The van der Waals surface area contributed by atoms with Gasteiger partial charge in [0, 0.05) is 6.54 Å². The fourth-order valence-electron chi connectivity index (χ4n) is 1.38. The van der Waals surface area contributed by atoms with Crippen molar-refractivity contribution in [2.75, 3.05) is 6.54 Å². The third-order valence-corrected chi connectivity index (χ3v) is 2.85. The number of carboxylic acid groups (broad SMARTS) is 1. The first kappa shape index (κ1) is 21.8. The summed E-state index contributed by atoms with van der Waals surface area (Å²) in [4.78, 5) is 10.5. The summed E-state index contributed by atoms with van der Waals surface area (Å²) in [6.45, 7) is -0.427. The molecule has 0 bridgehead atoms. The molecular formula is C10H12F9NO3. The maximum absolute atomic E-state index is 13.2. The molecule has 0 aliphatic rings. The smallest absolute Gasteiger partial charge is 0.460 e. The molecule has 23 heavy (non-hydrogen) atoms. The highest BCUT2D eigenvalue weighted by molar-refractivity contribution is 5.73. The SMILES string of the molecule is CC[C@H](NC[C@@H](O)C(F)(F)C(F)(F)C(F)(F)C(F)(F)F)C(=O)O. The summed E-state index contributed by atoms with van der Waals surface area (Å²) >= 11 is 0. The molecule has 0 spiro atoms. The molecule has 2 atom stereocenters. The third kappa shape index (κ3) is 4.00. The fraction of sp³-hybridized carbons (Fsp3) is 0.900. The van der Waals surface area contributed by atoms with Crippen LogP contribution in [0.15, 0.2) is 0 Å². The predicted octanol–water partition coefficient (Wildman–Crippen LogP) is 2.27. The topological polar surface area (TPSA) is 69.6 Å². The molecule has 0 saturated heterocycles. The largest absolute Gasteiger partial charge is 0.480 e. The molecule has 0 aliphatic carbocycles. The number of nitrogens with one attached hydrogen (secondary N) is 1. The highest BCUT2D eigenvalue weighted by Crippen LogP contribution is 2.53. The minimum absolute atomic E-state index is 0.261. The molecule has 13 heteroatoms. The highest BCUT2D eigenvalue weighted by Gasteiger charge is 2.82. The van der Waals surface area contributed by atoms with Gasteiger partial charge in [0.25, 0.3) is 0 Å². The first-order valence-electron chi connectivity index (χ1n) is 5.88. The summed E-state index contributed by atoms with van der Waals surface area (Å²) in [5.41, 5.74) is 0. The molecule has 138 valence electrons. The molecule has 0 aromatic heterocycles. The first-order valence-corrected chi connectivity index (χ1v) is 5.88. The number of carbonyl (C=O) groups is 1. The van der Waals surface area contributed by atoms with Gasteiger partial charge in [-0.25, -0.2) is 0 Å². The van der Waals surface area contributed by atoms with Gasteiger partial charge in [0.1, 0.15) is 12.1 Å². The van der Waals surface area contributed by atoms with E-state index in [1.54, 1.807) is 5.32 Å². The number of rotatable bonds is 8. The van der Waals surface area contributed by atoms with Crippen LogP contribution in [0, 0.1) is 0 Å². The summed E-state index contributed by atoms with van der Waals surface area (Å²) in [6, 6.07) is -1.60. The zero-order valence-corrected chi connectivity index (χ0v) is 11.3. The molecule has 0 aromatic rings. The zero-order chi connectivity index (χ0) is 18.9. The Morgan fingerprint density at radius 2 is 1.43 bits per heavy atom. The molecule has 0 saturated carbocycles. The van der Waals surface area contributed by atoms with Crippen molar-refractivity contribution in [1.82, 2.24) is 5.32 Å². The summed E-state index contributed by atoms with van der Waals surface area (Å²) in [7, 11) is 0. The van der Waals surface area contributed by atoms with E-state index in [2.05, 4.69) is 0 Å². The molecule has 3 N–H and O–H groups in total. The van der Waals surface area contributed by atoms with Crippen molar-refractivity contribution in [1.29, 1.82) is 0 Å². The Kier molecular flexibility index (Phi) is 6.35. The Bertz CT molecular complexity index is 424. The Morgan fingerprint density at radius 3 is 1.74 bits per heavy atom. The van der Waals surface area contributed by atoms with Crippen LogP contribution in [0.5, 0.6) is 0 Å². The van der Waals surface area contributed by atoms with E-state index in [1.807, 2.05) is 0 Å². The van der Waals surface area contributed by atoms with E-state index in [1.165, 1.54) is 6.92 Å². The quantitative estimate of drug-likeness (QED) is 0.578. The number of halogens is 9. The van der Waals surface area contributed by atoms with E-state index < -0.39 is 48.6 Å². The van der Waals surface area contributed by atoms with Crippen molar-refractivity contribution in [3.05, 3.63) is 0 Å². The number of carboxylic acids is 1. The summed E-state index contributed by atoms with van der Waals surface area (Å²) in [6.07, 6.45) is -10.9. The van der Waals surface area contributed by atoms with Gasteiger partial charge in [-0.2, -0.15) is 39.5 Å². The number of aliphatic hydroxyl groups excluding tert-OH is 1. The summed E-state index contributed by atoms with van der Waals surface area (Å²) in [5, 5.41) is 19.1. The van der Waals surface area contributed by atoms with E-state index in [0.29, 0.717) is 0 Å². The number of alkyl halides is 9. The number of hydrogen-bond donors (Lipinski definition) is 3. The lowest BCUT2D eigenvalue weighted by molar-refractivity contribution is -0.405. The van der Waals surface area contributed by atoms with Crippen molar-refractivity contribution >= 4 is 5.97 Å². The monoisotopic (exact) mass is 365 g/mol. The van der Waals surface area contributed by atoms with Crippen LogP contribution >= 0.6 is 0 Å². The van der Waals surface area contributed by atoms with E-state index in [4.69, 9.17) is 10.2 Å². The predicted molar refractivity (Wildman–Crippen MR) is 56.6 cm³/mol. The van der Waals surface area contributed by atoms with Crippen molar-refractivity contribution in [2.24, 2.45) is 0 Å². The van der Waals surface area contributed by atoms with Crippen molar-refractivity contribution in [3.63, 3.8) is 0 Å². The normalized spacial score (nSPS) is 17.0. The van der Waals surface area contributed by atoms with Gasteiger partial charge in [0.15, 0.2) is 0 Å². The second-order valence-electron chi connectivity index (χ2n) is 4.49. The second kappa shape index (κ2) is 6.71. The Hall–Kier alpha value is -1.24. The Labute approximate surface area is 123 Å². The molecular weight excluding hydrogens is 353 g/mol. The average molecular weight is 365 g/mol. The van der Waals surface area contributed by atoms with Gasteiger partial charge >= 0.3 is 29.9 Å². The van der Waals surface area contributed by atoms with Gasteiger partial charge in [-0.3, -0.25) is 4.79 Å². The van der Waals surface area contributed by atoms with Crippen LogP contribution < -0.4 is 5.32 Å². The van der Waals surface area contributed by atoms with E-state index in [9.17, 15) is 44.3 Å². The van der Waals surface area contributed by atoms with Gasteiger partial charge in [-0.05, 0) is 6.42 Å². The Morgan fingerprint density at radius 1 is 1.00 bits per heavy atom. The molecule has 0 radical (unpaired) electrons. The van der Waals surface area contributed by atoms with Crippen LogP contribution in [-0.2, 0) is 4.79 Å². The molecule has 0 unspecified atom stereocenters. The van der Waals surface area contributed by atoms with Gasteiger partial charge in [-0.15, -0.1) is 0 Å². The van der Waals surface area contributed by atoms with Crippen LogP contribution in [0.2, 0.25) is 0 Å². The fourth-order valence-corrected chi connectivity index (χ4v) is 1.38. The van der Waals surface area contributed by atoms with Crippen LogP contribution in [0.4, 0.5) is 39.5 Å². The van der Waals surface area contributed by atoms with Gasteiger partial charge in [0.05, 0.1) is 0 Å². The molecule has 0 fully saturated rings. The maximum Gasteiger partial charge on any atom is 0.460 e. The van der Waals surface area contributed by atoms with Gasteiger partial charge in [0.2, 0.25) is 0 Å². The Balaban J connectivity index is 5.33. The molecule has 0 heterocycles. The van der Waals surface area contributed by atoms with Crippen LogP contribution in [0.1, 0.15) is 13.3 Å². The van der Waals surface area contributed by atoms with Crippen LogP contribution in [0.25, 0.3) is 0 Å². The number of hydrogen-bond acceptors (Lipinski definition) is 3. The van der Waals surface area contributed by atoms with Crippen molar-refractivity contribution in [3.8, 4) is 0 Å².